The van der Waals surface area contributed by atoms with Crippen molar-refractivity contribution in [2.75, 3.05) is 6.61 Å². The van der Waals surface area contributed by atoms with Crippen LogP contribution in [0.4, 0.5) is 0 Å². The van der Waals surface area contributed by atoms with E-state index in [1.807, 2.05) is 30.3 Å². The molecular weight excluding hydrogens is 396 g/mol. The van der Waals surface area contributed by atoms with E-state index < -0.39 is 0 Å². The van der Waals surface area contributed by atoms with Gasteiger partial charge in [0.2, 0.25) is 0 Å². The minimum atomic E-state index is 0.546. The highest BCUT2D eigenvalue weighted by Gasteiger charge is 2.06. The highest BCUT2D eigenvalue weighted by Crippen LogP contribution is 2.27. The molecule has 2 aromatic rings. The van der Waals surface area contributed by atoms with Crippen molar-refractivity contribution < 1.29 is 9.47 Å². The van der Waals surface area contributed by atoms with Gasteiger partial charge in [-0.2, -0.15) is 0 Å². The molecule has 0 spiro atoms. The predicted octanol–water partition coefficient (Wildman–Crippen LogP) is 5.71. The fourth-order valence-electron chi connectivity index (χ4n) is 1.83. The zero-order chi connectivity index (χ0) is 15.1. The second kappa shape index (κ2) is 8.44. The zero-order valence-corrected chi connectivity index (χ0v) is 15.1. The maximum Gasteiger partial charge on any atom is 0.127 e. The van der Waals surface area contributed by atoms with Gasteiger partial charge in [0.15, 0.2) is 0 Å². The Morgan fingerprint density at radius 3 is 2.43 bits per heavy atom. The Hall–Kier alpha value is -1.00. The summed E-state index contributed by atoms with van der Waals surface area (Å²) < 4.78 is 12.7. The summed E-state index contributed by atoms with van der Waals surface area (Å²) in [5.74, 6) is 1.72. The minimum Gasteiger partial charge on any atom is -0.493 e. The standard InChI is InChI=1S/C17H18Br2O2/c1-2-9-20-16-8-5-14(11-18)17(10-16)21-12-13-3-6-15(19)7-4-13/h3-8,10H,2,9,11-12H2,1H3. The number of hydrogen-bond donors (Lipinski definition) is 0. The molecule has 0 saturated heterocycles. The molecule has 0 aliphatic carbocycles. The fraction of sp³-hybridized carbons (Fsp3) is 0.294. The Labute approximate surface area is 142 Å². The van der Waals surface area contributed by atoms with Crippen molar-refractivity contribution in [3.05, 3.63) is 58.1 Å². The Kier molecular flexibility index (Phi) is 6.58. The van der Waals surface area contributed by atoms with E-state index in [9.17, 15) is 0 Å². The van der Waals surface area contributed by atoms with E-state index in [0.29, 0.717) is 6.61 Å². The molecule has 0 heterocycles. The molecule has 0 N–H and O–H groups in total. The van der Waals surface area contributed by atoms with E-state index in [2.05, 4.69) is 50.9 Å². The molecule has 0 fully saturated rings. The first-order chi connectivity index (χ1) is 10.2. The third kappa shape index (κ3) is 5.04. The minimum absolute atomic E-state index is 0.546. The van der Waals surface area contributed by atoms with E-state index in [0.717, 1.165) is 45.5 Å². The van der Waals surface area contributed by atoms with Gasteiger partial charge in [-0.15, -0.1) is 0 Å². The number of alkyl halides is 1. The van der Waals surface area contributed by atoms with Crippen molar-refractivity contribution >= 4 is 31.9 Å². The van der Waals surface area contributed by atoms with Gasteiger partial charge in [-0.25, -0.2) is 0 Å². The maximum atomic E-state index is 5.95. The number of rotatable bonds is 7. The average Bonchev–Trinajstić information content (AvgIpc) is 2.52. The van der Waals surface area contributed by atoms with Crippen LogP contribution in [0.25, 0.3) is 0 Å². The summed E-state index contributed by atoms with van der Waals surface area (Å²) in [4.78, 5) is 0. The topological polar surface area (TPSA) is 18.5 Å². The molecule has 2 aromatic carbocycles. The van der Waals surface area contributed by atoms with Crippen LogP contribution in [-0.4, -0.2) is 6.61 Å². The van der Waals surface area contributed by atoms with Crippen LogP contribution >= 0.6 is 31.9 Å². The first kappa shape index (κ1) is 16.4. The molecule has 2 rings (SSSR count). The van der Waals surface area contributed by atoms with Crippen molar-refractivity contribution in [1.29, 1.82) is 0 Å². The lowest BCUT2D eigenvalue weighted by Gasteiger charge is -2.13. The van der Waals surface area contributed by atoms with Gasteiger partial charge in [0.25, 0.3) is 0 Å². The SMILES string of the molecule is CCCOc1ccc(CBr)c(OCc2ccc(Br)cc2)c1. The normalized spacial score (nSPS) is 10.4. The van der Waals surface area contributed by atoms with E-state index in [-0.39, 0.29) is 0 Å². The molecule has 112 valence electrons. The summed E-state index contributed by atoms with van der Waals surface area (Å²) in [6, 6.07) is 14.1. The van der Waals surface area contributed by atoms with Crippen LogP contribution in [0.1, 0.15) is 24.5 Å². The van der Waals surface area contributed by atoms with Gasteiger partial charge in [0, 0.05) is 21.4 Å². The highest BCUT2D eigenvalue weighted by atomic mass is 79.9. The molecule has 2 nitrogen and oxygen atoms in total. The first-order valence-corrected chi connectivity index (χ1v) is 8.83. The number of ether oxygens (including phenoxy) is 2. The van der Waals surface area contributed by atoms with Crippen molar-refractivity contribution in [1.82, 2.24) is 0 Å². The fourth-order valence-corrected chi connectivity index (χ4v) is 2.56. The second-order valence-electron chi connectivity index (χ2n) is 4.67. The largest absolute Gasteiger partial charge is 0.493 e. The maximum absolute atomic E-state index is 5.95. The molecule has 0 aliphatic heterocycles. The summed E-state index contributed by atoms with van der Waals surface area (Å²) in [5.41, 5.74) is 2.26. The molecule has 0 atom stereocenters. The molecule has 0 unspecified atom stereocenters. The summed E-state index contributed by atoms with van der Waals surface area (Å²) in [7, 11) is 0. The molecule has 0 saturated carbocycles. The third-order valence-corrected chi connectivity index (χ3v) is 4.10. The number of hydrogen-bond acceptors (Lipinski definition) is 2. The second-order valence-corrected chi connectivity index (χ2v) is 6.14. The van der Waals surface area contributed by atoms with Crippen LogP contribution in [0.2, 0.25) is 0 Å². The van der Waals surface area contributed by atoms with Gasteiger partial charge < -0.3 is 9.47 Å². The first-order valence-electron chi connectivity index (χ1n) is 6.92. The van der Waals surface area contributed by atoms with E-state index in [4.69, 9.17) is 9.47 Å². The number of halogens is 2. The Morgan fingerprint density at radius 2 is 1.76 bits per heavy atom. The van der Waals surface area contributed by atoms with E-state index in [1.165, 1.54) is 0 Å². The average molecular weight is 414 g/mol. The summed E-state index contributed by atoms with van der Waals surface area (Å²) in [5, 5.41) is 0.761. The van der Waals surface area contributed by atoms with Gasteiger partial charge in [-0.3, -0.25) is 0 Å². The van der Waals surface area contributed by atoms with Crippen molar-refractivity contribution in [2.24, 2.45) is 0 Å². The van der Waals surface area contributed by atoms with Gasteiger partial charge in [-0.05, 0) is 30.2 Å². The van der Waals surface area contributed by atoms with Crippen LogP contribution in [0.3, 0.4) is 0 Å². The molecule has 0 radical (unpaired) electrons. The molecule has 0 aliphatic rings. The molecule has 21 heavy (non-hydrogen) atoms. The van der Waals surface area contributed by atoms with Gasteiger partial charge in [-0.1, -0.05) is 57.0 Å². The Morgan fingerprint density at radius 1 is 1.00 bits per heavy atom. The molecule has 0 amide bonds. The molecule has 0 bridgehead atoms. The zero-order valence-electron chi connectivity index (χ0n) is 11.9. The lowest BCUT2D eigenvalue weighted by atomic mass is 10.2. The summed E-state index contributed by atoms with van der Waals surface area (Å²) >= 11 is 6.93. The number of benzene rings is 2. The van der Waals surface area contributed by atoms with Gasteiger partial charge >= 0.3 is 0 Å². The molecule has 0 aromatic heterocycles. The van der Waals surface area contributed by atoms with E-state index >= 15 is 0 Å². The van der Waals surface area contributed by atoms with Crippen LogP contribution in [0, 0.1) is 0 Å². The Balaban J connectivity index is 2.07. The molecular formula is C17H18Br2O2. The van der Waals surface area contributed by atoms with Crippen molar-refractivity contribution in [2.45, 2.75) is 25.3 Å². The highest BCUT2D eigenvalue weighted by molar-refractivity contribution is 9.10. The lowest BCUT2D eigenvalue weighted by Crippen LogP contribution is -2.00. The smallest absolute Gasteiger partial charge is 0.127 e. The lowest BCUT2D eigenvalue weighted by molar-refractivity contribution is 0.293. The van der Waals surface area contributed by atoms with Gasteiger partial charge in [0.1, 0.15) is 18.1 Å². The summed E-state index contributed by atoms with van der Waals surface area (Å²) in [6.07, 6.45) is 0.995. The third-order valence-electron chi connectivity index (χ3n) is 2.96. The van der Waals surface area contributed by atoms with Crippen molar-refractivity contribution in [3.63, 3.8) is 0 Å². The van der Waals surface area contributed by atoms with Crippen LogP contribution in [0.5, 0.6) is 11.5 Å². The van der Waals surface area contributed by atoms with Crippen LogP contribution < -0.4 is 9.47 Å². The predicted molar refractivity (Wildman–Crippen MR) is 93.3 cm³/mol. The molecule has 4 heteroatoms. The van der Waals surface area contributed by atoms with Crippen molar-refractivity contribution in [3.8, 4) is 11.5 Å². The Bertz CT molecular complexity index is 568. The monoisotopic (exact) mass is 412 g/mol. The quantitative estimate of drug-likeness (QED) is 0.541. The van der Waals surface area contributed by atoms with Gasteiger partial charge in [0.05, 0.1) is 6.61 Å². The van der Waals surface area contributed by atoms with E-state index in [1.54, 1.807) is 0 Å². The summed E-state index contributed by atoms with van der Waals surface area (Å²) in [6.45, 7) is 3.36. The van der Waals surface area contributed by atoms with Crippen LogP contribution in [0.15, 0.2) is 46.9 Å². The van der Waals surface area contributed by atoms with Crippen LogP contribution in [-0.2, 0) is 11.9 Å².